The van der Waals surface area contributed by atoms with Gasteiger partial charge < -0.3 is 5.73 Å². The second-order valence-corrected chi connectivity index (χ2v) is 2.16. The Hall–Kier alpha value is -0.120. The topological polar surface area (TPSA) is 50.1 Å². The fourth-order valence-corrected chi connectivity index (χ4v) is 0.903. The van der Waals surface area contributed by atoms with Crippen molar-refractivity contribution in [1.82, 2.24) is 10.6 Å². The molecule has 1 rings (SSSR count). The largest absolute Gasteiger partial charge is 0.304 e. The highest BCUT2D eigenvalue weighted by molar-refractivity contribution is 4.77. The molecule has 1 aliphatic rings. The standard InChI is InChI=1S/C5H13N3/c1-2-4-3-7-5(6)8-4/h4-5,7-8H,2-3,6H2,1H3. The molecule has 1 heterocycles. The zero-order valence-corrected chi connectivity index (χ0v) is 5.15. The van der Waals surface area contributed by atoms with Crippen molar-refractivity contribution in [3.63, 3.8) is 0 Å². The first kappa shape index (κ1) is 6.01. The van der Waals surface area contributed by atoms with Crippen LogP contribution in [0.25, 0.3) is 0 Å². The van der Waals surface area contributed by atoms with Gasteiger partial charge in [-0.05, 0) is 6.42 Å². The molecule has 4 N–H and O–H groups in total. The molecule has 0 bridgehead atoms. The van der Waals surface area contributed by atoms with Gasteiger partial charge in [-0.15, -0.1) is 0 Å². The first-order valence-corrected chi connectivity index (χ1v) is 3.08. The molecule has 2 unspecified atom stereocenters. The zero-order chi connectivity index (χ0) is 5.98. The van der Waals surface area contributed by atoms with Gasteiger partial charge >= 0.3 is 0 Å². The molecule has 0 aromatic rings. The molecule has 0 aliphatic carbocycles. The Bertz CT molecular complexity index is 74.1. The molecule has 8 heavy (non-hydrogen) atoms. The summed E-state index contributed by atoms with van der Waals surface area (Å²) in [6, 6.07) is 0.588. The van der Waals surface area contributed by atoms with Crippen LogP contribution < -0.4 is 16.4 Å². The fraction of sp³-hybridized carbons (Fsp3) is 1.00. The van der Waals surface area contributed by atoms with Gasteiger partial charge in [0.2, 0.25) is 0 Å². The van der Waals surface area contributed by atoms with Gasteiger partial charge in [0.1, 0.15) is 6.29 Å². The van der Waals surface area contributed by atoms with Gasteiger partial charge in [0, 0.05) is 12.6 Å². The number of rotatable bonds is 1. The predicted octanol–water partition coefficient (Wildman–Crippen LogP) is -0.800. The van der Waals surface area contributed by atoms with Gasteiger partial charge in [0.15, 0.2) is 0 Å². The van der Waals surface area contributed by atoms with Gasteiger partial charge in [-0.2, -0.15) is 0 Å². The van der Waals surface area contributed by atoms with E-state index in [2.05, 4.69) is 17.6 Å². The minimum atomic E-state index is 0.0277. The van der Waals surface area contributed by atoms with Crippen molar-refractivity contribution in [1.29, 1.82) is 0 Å². The van der Waals surface area contributed by atoms with Gasteiger partial charge in [0.25, 0.3) is 0 Å². The molecular weight excluding hydrogens is 102 g/mol. The highest BCUT2D eigenvalue weighted by atomic mass is 15.3. The summed E-state index contributed by atoms with van der Waals surface area (Å²) in [7, 11) is 0. The Morgan fingerprint density at radius 2 is 2.50 bits per heavy atom. The van der Waals surface area contributed by atoms with Crippen LogP contribution in [0, 0.1) is 0 Å². The summed E-state index contributed by atoms with van der Waals surface area (Å²) >= 11 is 0. The molecule has 0 spiro atoms. The van der Waals surface area contributed by atoms with Crippen molar-refractivity contribution < 1.29 is 0 Å². The molecule has 0 saturated carbocycles. The predicted molar refractivity (Wildman–Crippen MR) is 33.2 cm³/mol. The third-order valence-corrected chi connectivity index (χ3v) is 1.49. The minimum Gasteiger partial charge on any atom is -0.304 e. The van der Waals surface area contributed by atoms with Crippen LogP contribution in [0.2, 0.25) is 0 Å². The van der Waals surface area contributed by atoms with E-state index in [1.54, 1.807) is 0 Å². The Labute approximate surface area is 49.6 Å². The van der Waals surface area contributed by atoms with Gasteiger partial charge in [-0.3, -0.25) is 10.6 Å². The second kappa shape index (κ2) is 2.44. The lowest BCUT2D eigenvalue weighted by atomic mass is 10.2. The third kappa shape index (κ3) is 1.18. The van der Waals surface area contributed by atoms with Gasteiger partial charge in [-0.1, -0.05) is 6.92 Å². The fourth-order valence-electron chi connectivity index (χ4n) is 0.903. The van der Waals surface area contributed by atoms with Gasteiger partial charge in [0.05, 0.1) is 0 Å². The smallest absolute Gasteiger partial charge is 0.109 e. The monoisotopic (exact) mass is 115 g/mol. The summed E-state index contributed by atoms with van der Waals surface area (Å²) in [5.74, 6) is 0. The van der Waals surface area contributed by atoms with Crippen LogP contribution in [-0.2, 0) is 0 Å². The maximum Gasteiger partial charge on any atom is 0.109 e. The number of hydrogen-bond acceptors (Lipinski definition) is 3. The maximum atomic E-state index is 5.48. The molecule has 48 valence electrons. The minimum absolute atomic E-state index is 0.0277. The van der Waals surface area contributed by atoms with E-state index in [-0.39, 0.29) is 6.29 Å². The molecule has 1 aliphatic heterocycles. The van der Waals surface area contributed by atoms with Crippen LogP contribution in [0.1, 0.15) is 13.3 Å². The Balaban J connectivity index is 2.22. The first-order valence-electron chi connectivity index (χ1n) is 3.08. The van der Waals surface area contributed by atoms with Crippen molar-refractivity contribution >= 4 is 0 Å². The summed E-state index contributed by atoms with van der Waals surface area (Å²) in [6.45, 7) is 3.16. The van der Waals surface area contributed by atoms with Crippen molar-refractivity contribution in [3.05, 3.63) is 0 Å². The van der Waals surface area contributed by atoms with E-state index in [0.717, 1.165) is 13.0 Å². The van der Waals surface area contributed by atoms with Crippen molar-refractivity contribution in [2.24, 2.45) is 5.73 Å². The molecule has 0 amide bonds. The summed E-state index contributed by atoms with van der Waals surface area (Å²) in [5, 5.41) is 6.26. The number of nitrogens with two attached hydrogens (primary N) is 1. The van der Waals surface area contributed by atoms with E-state index >= 15 is 0 Å². The molecule has 2 atom stereocenters. The van der Waals surface area contributed by atoms with E-state index in [4.69, 9.17) is 5.73 Å². The van der Waals surface area contributed by atoms with Crippen LogP contribution in [0.4, 0.5) is 0 Å². The Kier molecular flexibility index (Phi) is 1.83. The van der Waals surface area contributed by atoms with E-state index in [9.17, 15) is 0 Å². The van der Waals surface area contributed by atoms with E-state index < -0.39 is 0 Å². The first-order chi connectivity index (χ1) is 3.83. The average molecular weight is 115 g/mol. The van der Waals surface area contributed by atoms with E-state index in [1.165, 1.54) is 0 Å². The number of hydrogen-bond donors (Lipinski definition) is 3. The summed E-state index contributed by atoms with van der Waals surface area (Å²) in [6.07, 6.45) is 1.18. The van der Waals surface area contributed by atoms with E-state index in [0.29, 0.717) is 6.04 Å². The van der Waals surface area contributed by atoms with Crippen LogP contribution in [-0.4, -0.2) is 18.9 Å². The summed E-state index contributed by atoms with van der Waals surface area (Å²) < 4.78 is 0. The van der Waals surface area contributed by atoms with Crippen LogP contribution >= 0.6 is 0 Å². The molecule has 0 radical (unpaired) electrons. The van der Waals surface area contributed by atoms with E-state index in [1.807, 2.05) is 0 Å². The van der Waals surface area contributed by atoms with Crippen LogP contribution in [0.5, 0.6) is 0 Å². The quantitative estimate of drug-likeness (QED) is 0.419. The lowest BCUT2D eigenvalue weighted by molar-refractivity contribution is 0.529. The highest BCUT2D eigenvalue weighted by Gasteiger charge is 2.16. The molecule has 3 nitrogen and oxygen atoms in total. The summed E-state index contributed by atoms with van der Waals surface area (Å²) in [5.41, 5.74) is 5.48. The molecule has 3 heteroatoms. The molecular formula is C5H13N3. The molecule has 0 aromatic carbocycles. The lowest BCUT2D eigenvalue weighted by Crippen LogP contribution is -2.41. The molecule has 1 saturated heterocycles. The normalized spacial score (nSPS) is 38.2. The highest BCUT2D eigenvalue weighted by Crippen LogP contribution is 1.93. The van der Waals surface area contributed by atoms with Crippen LogP contribution in [0.15, 0.2) is 0 Å². The van der Waals surface area contributed by atoms with Crippen LogP contribution in [0.3, 0.4) is 0 Å². The molecule has 1 fully saturated rings. The zero-order valence-electron chi connectivity index (χ0n) is 5.15. The van der Waals surface area contributed by atoms with Crippen molar-refractivity contribution in [2.75, 3.05) is 6.54 Å². The van der Waals surface area contributed by atoms with Gasteiger partial charge in [-0.25, -0.2) is 0 Å². The maximum absolute atomic E-state index is 5.48. The Morgan fingerprint density at radius 3 is 2.75 bits per heavy atom. The average Bonchev–Trinajstić information content (AvgIpc) is 2.14. The Morgan fingerprint density at radius 1 is 1.75 bits per heavy atom. The SMILES string of the molecule is CCC1CNC(N)N1. The lowest BCUT2D eigenvalue weighted by Gasteiger charge is -2.04. The number of nitrogens with one attached hydrogen (secondary N) is 2. The van der Waals surface area contributed by atoms with Crippen molar-refractivity contribution in [2.45, 2.75) is 25.7 Å². The molecule has 0 aromatic heterocycles. The van der Waals surface area contributed by atoms with Crippen molar-refractivity contribution in [3.8, 4) is 0 Å². The second-order valence-electron chi connectivity index (χ2n) is 2.16. The third-order valence-electron chi connectivity index (χ3n) is 1.49. The summed E-state index contributed by atoms with van der Waals surface area (Å²) in [4.78, 5) is 0.